The molecule has 0 amide bonds. The molecule has 2 heterocycles. The molecule has 6 nitrogen and oxygen atoms in total. The van der Waals surface area contributed by atoms with Crippen molar-refractivity contribution >= 4 is 28.6 Å². The number of aliphatic imine (C=N–C) groups is 1. The van der Waals surface area contributed by atoms with Gasteiger partial charge in [0, 0.05) is 17.3 Å². The number of nitrogens with one attached hydrogen (secondary N) is 1. The molecule has 1 N–H and O–H groups in total. The SMILES string of the molecule is CC(=NCC(=O)c1ccc(C(=O)C2CCC(C3CCCC3)CC2)s1)c1c(C)[nH]n(-c2ccc(C(C)(C)C)cc2)c1=O. The number of H-pyrrole nitrogens is 1. The molecule has 0 aliphatic heterocycles. The number of nitrogens with zero attached hydrogens (tertiary/aromatic N) is 2. The second-order valence-corrected chi connectivity index (χ2v) is 14.1. The fraction of sp³-hybridized carbons (Fsp3) is 0.529. The lowest BCUT2D eigenvalue weighted by Gasteiger charge is -2.31. The maximum absolute atomic E-state index is 13.3. The van der Waals surface area contributed by atoms with Crippen molar-refractivity contribution in [2.45, 2.75) is 91.4 Å². The summed E-state index contributed by atoms with van der Waals surface area (Å²) in [4.78, 5) is 45.2. The van der Waals surface area contributed by atoms with Gasteiger partial charge in [-0.25, -0.2) is 4.68 Å². The number of aryl methyl sites for hydroxylation is 1. The lowest BCUT2D eigenvalue weighted by Crippen LogP contribution is -2.24. The predicted molar refractivity (Wildman–Crippen MR) is 167 cm³/mol. The van der Waals surface area contributed by atoms with E-state index in [0.717, 1.165) is 43.2 Å². The number of rotatable bonds is 8. The Labute approximate surface area is 247 Å². The van der Waals surface area contributed by atoms with Gasteiger partial charge in [0.1, 0.15) is 6.54 Å². The van der Waals surface area contributed by atoms with Crippen molar-refractivity contribution in [3.63, 3.8) is 0 Å². The van der Waals surface area contributed by atoms with Crippen molar-refractivity contribution < 1.29 is 9.59 Å². The van der Waals surface area contributed by atoms with E-state index in [0.29, 0.717) is 26.7 Å². The third kappa shape index (κ3) is 6.40. The van der Waals surface area contributed by atoms with Crippen molar-refractivity contribution in [2.24, 2.45) is 22.7 Å². The first-order valence-corrected chi connectivity index (χ1v) is 16.0. The van der Waals surface area contributed by atoms with Gasteiger partial charge < -0.3 is 0 Å². The monoisotopic (exact) mass is 573 g/mol. The first-order chi connectivity index (χ1) is 19.5. The van der Waals surface area contributed by atoms with Crippen molar-refractivity contribution in [3.8, 4) is 5.69 Å². The predicted octanol–water partition coefficient (Wildman–Crippen LogP) is 7.70. The van der Waals surface area contributed by atoms with Crippen LogP contribution in [0.15, 0.2) is 46.2 Å². The van der Waals surface area contributed by atoms with E-state index < -0.39 is 0 Å². The summed E-state index contributed by atoms with van der Waals surface area (Å²) in [6, 6.07) is 11.5. The molecule has 0 radical (unpaired) electrons. The Morgan fingerprint density at radius 3 is 2.17 bits per heavy atom. The summed E-state index contributed by atoms with van der Waals surface area (Å²) in [6.07, 6.45) is 9.74. The molecule has 2 aliphatic rings. The highest BCUT2D eigenvalue weighted by atomic mass is 32.1. The highest BCUT2D eigenvalue weighted by Gasteiger charge is 2.32. The molecule has 41 heavy (non-hydrogen) atoms. The van der Waals surface area contributed by atoms with Gasteiger partial charge in [-0.3, -0.25) is 24.5 Å². The average Bonchev–Trinajstić information content (AvgIpc) is 3.72. The molecule has 2 aromatic heterocycles. The molecule has 218 valence electrons. The Kier molecular flexibility index (Phi) is 8.65. The average molecular weight is 574 g/mol. The highest BCUT2D eigenvalue weighted by Crippen LogP contribution is 2.41. The van der Waals surface area contributed by atoms with E-state index in [1.807, 2.05) is 31.2 Å². The quantitative estimate of drug-likeness (QED) is 0.221. The van der Waals surface area contributed by atoms with E-state index >= 15 is 0 Å². The van der Waals surface area contributed by atoms with Crippen LogP contribution in [-0.2, 0) is 5.41 Å². The number of hydrogen-bond donors (Lipinski definition) is 1. The van der Waals surface area contributed by atoms with Crippen molar-refractivity contribution in [2.75, 3.05) is 6.54 Å². The maximum Gasteiger partial charge on any atom is 0.280 e. The van der Waals surface area contributed by atoms with E-state index in [9.17, 15) is 14.4 Å². The van der Waals surface area contributed by atoms with Crippen LogP contribution in [0.2, 0.25) is 0 Å². The molecule has 0 atom stereocenters. The molecule has 2 saturated carbocycles. The molecular formula is C34H43N3O3S. The van der Waals surface area contributed by atoms with Gasteiger partial charge in [0.15, 0.2) is 11.6 Å². The van der Waals surface area contributed by atoms with E-state index in [2.05, 4.69) is 30.9 Å². The third-order valence-corrected chi connectivity index (χ3v) is 10.4. The van der Waals surface area contributed by atoms with Gasteiger partial charge in [0.05, 0.1) is 21.0 Å². The van der Waals surface area contributed by atoms with Gasteiger partial charge in [0.2, 0.25) is 0 Å². The molecule has 1 aromatic carbocycles. The minimum Gasteiger partial charge on any atom is -0.295 e. The number of carbonyl (C=O) groups is 2. The summed E-state index contributed by atoms with van der Waals surface area (Å²) in [7, 11) is 0. The number of aromatic nitrogens is 2. The van der Waals surface area contributed by atoms with Crippen LogP contribution in [0.1, 0.15) is 115 Å². The second kappa shape index (κ2) is 12.0. The van der Waals surface area contributed by atoms with Crippen LogP contribution < -0.4 is 5.56 Å². The van der Waals surface area contributed by atoms with Gasteiger partial charge in [-0.1, -0.05) is 58.6 Å². The van der Waals surface area contributed by atoms with E-state index in [1.54, 1.807) is 19.1 Å². The van der Waals surface area contributed by atoms with Gasteiger partial charge in [-0.2, -0.15) is 0 Å². The summed E-state index contributed by atoms with van der Waals surface area (Å²) < 4.78 is 1.52. The van der Waals surface area contributed by atoms with Gasteiger partial charge in [0.25, 0.3) is 5.56 Å². The first-order valence-electron chi connectivity index (χ1n) is 15.1. The number of benzene rings is 1. The number of aromatic amines is 1. The van der Waals surface area contributed by atoms with Crippen molar-refractivity contribution in [3.05, 3.63) is 73.3 Å². The van der Waals surface area contributed by atoms with Crippen LogP contribution in [-0.4, -0.2) is 33.6 Å². The van der Waals surface area contributed by atoms with Crippen molar-refractivity contribution in [1.29, 1.82) is 0 Å². The first kappa shape index (κ1) is 29.4. The Hall–Kier alpha value is -3.06. The zero-order valence-electron chi connectivity index (χ0n) is 25.1. The summed E-state index contributed by atoms with van der Waals surface area (Å²) in [6.45, 7) is 10.0. The van der Waals surface area contributed by atoms with E-state index in [1.165, 1.54) is 47.3 Å². The van der Waals surface area contributed by atoms with Gasteiger partial charge >= 0.3 is 0 Å². The Balaban J connectivity index is 1.22. The smallest absolute Gasteiger partial charge is 0.280 e. The molecule has 3 aromatic rings. The van der Waals surface area contributed by atoms with Crippen molar-refractivity contribution in [1.82, 2.24) is 9.78 Å². The Morgan fingerprint density at radius 2 is 1.54 bits per heavy atom. The Bertz CT molecular complexity index is 1480. The molecule has 2 fully saturated rings. The summed E-state index contributed by atoms with van der Waals surface area (Å²) >= 11 is 1.29. The van der Waals surface area contributed by atoms with Crippen LogP contribution in [0.25, 0.3) is 5.69 Å². The number of thiophene rings is 1. The number of hydrogen-bond acceptors (Lipinski definition) is 5. The van der Waals surface area contributed by atoms with Crippen LogP contribution in [0.4, 0.5) is 0 Å². The topological polar surface area (TPSA) is 84.3 Å². The molecule has 5 rings (SSSR count). The summed E-state index contributed by atoms with van der Waals surface area (Å²) in [5, 5.41) is 3.16. The third-order valence-electron chi connectivity index (χ3n) is 9.22. The minimum absolute atomic E-state index is 0.0286. The molecule has 2 aliphatic carbocycles. The van der Waals surface area contributed by atoms with Gasteiger partial charge in [-0.05, 0) is 86.6 Å². The van der Waals surface area contributed by atoms with Crippen LogP contribution >= 0.6 is 11.3 Å². The van der Waals surface area contributed by atoms with E-state index in [4.69, 9.17) is 0 Å². The largest absolute Gasteiger partial charge is 0.295 e. The lowest BCUT2D eigenvalue weighted by atomic mass is 9.74. The molecule has 0 spiro atoms. The molecule has 0 saturated heterocycles. The Morgan fingerprint density at radius 1 is 0.927 bits per heavy atom. The fourth-order valence-electron chi connectivity index (χ4n) is 6.72. The highest BCUT2D eigenvalue weighted by molar-refractivity contribution is 7.16. The summed E-state index contributed by atoms with van der Waals surface area (Å²) in [5.74, 6) is 1.81. The number of ketones is 2. The normalized spacial score (nSPS) is 20.5. The van der Waals surface area contributed by atoms with Crippen LogP contribution in [0, 0.1) is 24.7 Å². The minimum atomic E-state index is -0.189. The number of carbonyl (C=O) groups excluding carboxylic acids is 2. The maximum atomic E-state index is 13.3. The standard InChI is InChI=1S/C34H43N3O3S/c1-21(31-22(2)36-37(33(31)40)27-16-14-26(15-17-27)34(3,4)5)35-20-28(38)29-18-19-30(41-29)32(39)25-12-10-24(11-13-25)23-8-6-7-9-23/h14-19,23-25,36H,6-13,20H2,1-5H3. The van der Waals surface area contributed by atoms with Gasteiger partial charge in [-0.15, -0.1) is 11.3 Å². The molecule has 7 heteroatoms. The lowest BCUT2D eigenvalue weighted by molar-refractivity contribution is 0.0857. The van der Waals surface area contributed by atoms with E-state index in [-0.39, 0.29) is 35.0 Å². The number of Topliss-reactive ketones (excluding diaryl/α,β-unsaturated/α-hetero) is 2. The molecular weight excluding hydrogens is 530 g/mol. The zero-order valence-corrected chi connectivity index (χ0v) is 25.9. The fourth-order valence-corrected chi connectivity index (χ4v) is 7.67. The molecule has 0 unspecified atom stereocenters. The summed E-state index contributed by atoms with van der Waals surface area (Å²) in [5.41, 5.74) is 3.49. The van der Waals surface area contributed by atoms with Crippen LogP contribution in [0.5, 0.6) is 0 Å². The van der Waals surface area contributed by atoms with Crippen LogP contribution in [0.3, 0.4) is 0 Å². The second-order valence-electron chi connectivity index (χ2n) is 13.1. The zero-order chi connectivity index (χ0) is 29.3. The molecule has 0 bridgehead atoms.